The molecule has 0 aromatic rings. The van der Waals surface area contributed by atoms with E-state index in [9.17, 15) is 9.59 Å². The molecule has 0 spiro atoms. The van der Waals surface area contributed by atoms with Crippen molar-refractivity contribution < 1.29 is 9.59 Å². The highest BCUT2D eigenvalue weighted by Gasteiger charge is 2.18. The van der Waals surface area contributed by atoms with Crippen molar-refractivity contribution in [1.82, 2.24) is 16.1 Å². The van der Waals surface area contributed by atoms with E-state index < -0.39 is 0 Å². The van der Waals surface area contributed by atoms with Gasteiger partial charge in [-0.3, -0.25) is 9.59 Å². The summed E-state index contributed by atoms with van der Waals surface area (Å²) in [4.78, 5) is 22.5. The first kappa shape index (κ1) is 12.0. The van der Waals surface area contributed by atoms with Gasteiger partial charge < -0.3 is 10.6 Å². The average molecular weight is 238 g/mol. The summed E-state index contributed by atoms with van der Waals surface area (Å²) >= 11 is 0. The monoisotopic (exact) mass is 238 g/mol. The molecule has 1 saturated heterocycles. The molecule has 1 atom stereocenters. The van der Waals surface area contributed by atoms with Crippen LogP contribution in [-0.4, -0.2) is 36.7 Å². The smallest absolute Gasteiger partial charge is 0.267 e. The molecule has 0 bridgehead atoms. The standard InChI is InChI=1S/C11H18N4O2/c16-10-4-3-9(14-15-10)11(17)13-7-5-8-2-1-6-12-8/h8,12H,1-7H2,(H,13,17)(H,15,16)/t8-/m0/s1. The van der Waals surface area contributed by atoms with E-state index in [0.717, 1.165) is 13.0 Å². The highest BCUT2D eigenvalue weighted by Crippen LogP contribution is 2.07. The molecule has 1 fully saturated rings. The minimum atomic E-state index is -0.164. The third kappa shape index (κ3) is 3.52. The highest BCUT2D eigenvalue weighted by atomic mass is 16.2. The van der Waals surface area contributed by atoms with E-state index in [2.05, 4.69) is 21.2 Å². The lowest BCUT2D eigenvalue weighted by atomic mass is 10.1. The van der Waals surface area contributed by atoms with Crippen molar-refractivity contribution in [3.05, 3.63) is 0 Å². The van der Waals surface area contributed by atoms with Gasteiger partial charge in [0.25, 0.3) is 5.91 Å². The van der Waals surface area contributed by atoms with E-state index in [1.165, 1.54) is 12.8 Å². The third-order valence-electron chi connectivity index (χ3n) is 3.11. The fraction of sp³-hybridized carbons (Fsp3) is 0.727. The van der Waals surface area contributed by atoms with Crippen LogP contribution in [0.1, 0.15) is 32.1 Å². The minimum absolute atomic E-state index is 0.128. The normalized spacial score (nSPS) is 24.1. The first-order chi connectivity index (χ1) is 8.25. The first-order valence-electron chi connectivity index (χ1n) is 6.12. The molecule has 3 N–H and O–H groups in total. The van der Waals surface area contributed by atoms with Gasteiger partial charge in [0, 0.05) is 25.4 Å². The summed E-state index contributed by atoms with van der Waals surface area (Å²) in [5.74, 6) is -0.292. The van der Waals surface area contributed by atoms with Crippen molar-refractivity contribution in [2.75, 3.05) is 13.1 Å². The largest absolute Gasteiger partial charge is 0.351 e. The molecule has 0 aliphatic carbocycles. The molecule has 2 heterocycles. The molecular formula is C11H18N4O2. The second-order valence-corrected chi connectivity index (χ2v) is 4.43. The lowest BCUT2D eigenvalue weighted by molar-refractivity contribution is -0.121. The van der Waals surface area contributed by atoms with Gasteiger partial charge >= 0.3 is 0 Å². The minimum Gasteiger partial charge on any atom is -0.351 e. The lowest BCUT2D eigenvalue weighted by Gasteiger charge is -2.13. The van der Waals surface area contributed by atoms with Crippen LogP contribution in [0.4, 0.5) is 0 Å². The molecule has 17 heavy (non-hydrogen) atoms. The fourth-order valence-electron chi connectivity index (χ4n) is 2.10. The molecule has 0 aromatic heterocycles. The summed E-state index contributed by atoms with van der Waals surface area (Å²) in [6, 6.07) is 0.531. The predicted octanol–water partition coefficient (Wildman–Crippen LogP) is -0.489. The van der Waals surface area contributed by atoms with Crippen LogP contribution >= 0.6 is 0 Å². The summed E-state index contributed by atoms with van der Waals surface area (Å²) in [6.07, 6.45) is 4.13. The number of carbonyl (C=O) groups is 2. The van der Waals surface area contributed by atoms with Crippen molar-refractivity contribution in [2.45, 2.75) is 38.1 Å². The van der Waals surface area contributed by atoms with E-state index in [4.69, 9.17) is 0 Å². The van der Waals surface area contributed by atoms with E-state index in [1.807, 2.05) is 0 Å². The molecule has 2 rings (SSSR count). The highest BCUT2D eigenvalue weighted by molar-refractivity contribution is 6.39. The Bertz CT molecular complexity index is 334. The Hall–Kier alpha value is -1.43. The van der Waals surface area contributed by atoms with E-state index in [0.29, 0.717) is 31.1 Å². The Balaban J connectivity index is 1.68. The topological polar surface area (TPSA) is 82.6 Å². The van der Waals surface area contributed by atoms with Crippen LogP contribution in [0.25, 0.3) is 0 Å². The molecular weight excluding hydrogens is 220 g/mol. The van der Waals surface area contributed by atoms with Crippen molar-refractivity contribution in [2.24, 2.45) is 5.10 Å². The summed E-state index contributed by atoms with van der Waals surface area (Å²) in [5, 5.41) is 9.96. The summed E-state index contributed by atoms with van der Waals surface area (Å²) in [7, 11) is 0. The van der Waals surface area contributed by atoms with Gasteiger partial charge in [0.05, 0.1) is 0 Å². The average Bonchev–Trinajstić information content (AvgIpc) is 2.83. The lowest BCUT2D eigenvalue weighted by Crippen LogP contribution is -2.38. The molecule has 6 heteroatoms. The van der Waals surface area contributed by atoms with Crippen molar-refractivity contribution in [3.8, 4) is 0 Å². The van der Waals surface area contributed by atoms with Crippen LogP contribution in [0.15, 0.2) is 5.10 Å². The molecule has 0 saturated carbocycles. The van der Waals surface area contributed by atoms with E-state index in [-0.39, 0.29) is 11.8 Å². The maximum Gasteiger partial charge on any atom is 0.267 e. The summed E-state index contributed by atoms with van der Waals surface area (Å²) in [5.41, 5.74) is 2.74. The van der Waals surface area contributed by atoms with Gasteiger partial charge in [-0.1, -0.05) is 0 Å². The van der Waals surface area contributed by atoms with Crippen LogP contribution in [-0.2, 0) is 9.59 Å². The molecule has 94 valence electrons. The van der Waals surface area contributed by atoms with Crippen molar-refractivity contribution in [1.29, 1.82) is 0 Å². The molecule has 0 aromatic carbocycles. The molecule has 2 aliphatic heterocycles. The second-order valence-electron chi connectivity index (χ2n) is 4.43. The SMILES string of the molecule is O=C1CCC(C(=O)NCC[C@@H]2CCCN2)=NN1. The maximum absolute atomic E-state index is 11.7. The van der Waals surface area contributed by atoms with Gasteiger partial charge in [-0.15, -0.1) is 0 Å². The van der Waals surface area contributed by atoms with Crippen molar-refractivity contribution in [3.63, 3.8) is 0 Å². The Morgan fingerprint density at radius 2 is 2.35 bits per heavy atom. The second kappa shape index (κ2) is 5.77. The number of hydrogen-bond donors (Lipinski definition) is 3. The van der Waals surface area contributed by atoms with Gasteiger partial charge in [0.1, 0.15) is 5.71 Å². The number of carbonyl (C=O) groups excluding carboxylic acids is 2. The predicted molar refractivity (Wildman–Crippen MR) is 63.5 cm³/mol. The van der Waals surface area contributed by atoms with Gasteiger partial charge in [-0.05, 0) is 25.8 Å². The Kier molecular flexibility index (Phi) is 4.08. The van der Waals surface area contributed by atoms with Crippen LogP contribution in [0, 0.1) is 0 Å². The molecule has 6 nitrogen and oxygen atoms in total. The fourth-order valence-corrected chi connectivity index (χ4v) is 2.10. The molecule has 0 radical (unpaired) electrons. The zero-order valence-electron chi connectivity index (χ0n) is 9.79. The zero-order chi connectivity index (χ0) is 12.1. The Morgan fingerprint density at radius 3 is 3.00 bits per heavy atom. The summed E-state index contributed by atoms with van der Waals surface area (Å²) < 4.78 is 0. The zero-order valence-corrected chi connectivity index (χ0v) is 9.79. The number of rotatable bonds is 4. The van der Waals surface area contributed by atoms with Gasteiger partial charge in [0.2, 0.25) is 5.91 Å². The number of amides is 2. The van der Waals surface area contributed by atoms with Crippen LogP contribution in [0.3, 0.4) is 0 Å². The quantitative estimate of drug-likeness (QED) is 0.618. The number of nitrogens with one attached hydrogen (secondary N) is 3. The summed E-state index contributed by atoms with van der Waals surface area (Å²) in [6.45, 7) is 1.74. The van der Waals surface area contributed by atoms with E-state index >= 15 is 0 Å². The molecule has 2 amide bonds. The number of hydrazone groups is 1. The van der Waals surface area contributed by atoms with Crippen LogP contribution in [0.5, 0.6) is 0 Å². The van der Waals surface area contributed by atoms with Gasteiger partial charge in [-0.25, -0.2) is 5.43 Å². The molecule has 2 aliphatic rings. The van der Waals surface area contributed by atoms with Crippen molar-refractivity contribution >= 4 is 17.5 Å². The first-order valence-corrected chi connectivity index (χ1v) is 6.12. The third-order valence-corrected chi connectivity index (χ3v) is 3.11. The Labute approximate surface area is 100 Å². The van der Waals surface area contributed by atoms with E-state index in [1.54, 1.807) is 0 Å². The Morgan fingerprint density at radius 1 is 1.47 bits per heavy atom. The molecule has 0 unspecified atom stereocenters. The van der Waals surface area contributed by atoms with Crippen LogP contribution in [0.2, 0.25) is 0 Å². The maximum atomic E-state index is 11.7. The number of nitrogens with zero attached hydrogens (tertiary/aromatic N) is 1. The van der Waals surface area contributed by atoms with Gasteiger partial charge in [-0.2, -0.15) is 5.10 Å². The number of hydrogen-bond acceptors (Lipinski definition) is 4. The van der Waals surface area contributed by atoms with Crippen LogP contribution < -0.4 is 16.1 Å². The van der Waals surface area contributed by atoms with Gasteiger partial charge in [0.15, 0.2) is 0 Å².